The molecule has 15 heteroatoms. The summed E-state index contributed by atoms with van der Waals surface area (Å²) in [5.74, 6) is 0.463. The van der Waals surface area contributed by atoms with E-state index in [1.54, 1.807) is 37.2 Å². The molecule has 9 heterocycles. The molecule has 22 rings (SSSR count). The fourth-order valence-corrected chi connectivity index (χ4v) is 17.0. The van der Waals surface area contributed by atoms with Crippen LogP contribution in [0.15, 0.2) is 311 Å². The smallest absolute Gasteiger partial charge is 0.165 e. The van der Waals surface area contributed by atoms with Gasteiger partial charge < -0.3 is 42.7 Å². The molecule has 0 aliphatic carbocycles. The lowest BCUT2D eigenvalue weighted by Crippen LogP contribution is -1.98. The van der Waals surface area contributed by atoms with Crippen molar-refractivity contribution in [2.75, 3.05) is 0 Å². The summed E-state index contributed by atoms with van der Waals surface area (Å²) in [7, 11) is 0. The van der Waals surface area contributed by atoms with Crippen LogP contribution in [0.1, 0.15) is 0 Å². The van der Waals surface area contributed by atoms with E-state index in [4.69, 9.17) is 0 Å². The van der Waals surface area contributed by atoms with E-state index >= 15 is 0 Å². The molecule has 0 atom stereocenters. The highest BCUT2D eigenvalue weighted by Crippen LogP contribution is 2.50. The second-order valence-corrected chi connectivity index (χ2v) is 26.9. The minimum Gasteiger partial charge on any atom is -0.504 e. The van der Waals surface area contributed by atoms with Gasteiger partial charge in [0.05, 0.1) is 120 Å². The molecule has 0 bridgehead atoms. The van der Waals surface area contributed by atoms with Crippen LogP contribution in [0.5, 0.6) is 17.2 Å². The molecule has 0 fully saturated rings. The van der Waals surface area contributed by atoms with Gasteiger partial charge in [0.1, 0.15) is 19.0 Å². The zero-order chi connectivity index (χ0) is 69.3. The largest absolute Gasteiger partial charge is 0.504 e. The SMILES string of the molecule is Oc1c2c(cc3c4ccccc4n(-c4cncnc4)c13)c1ccccc1n2-c1ccc(-c2cc(-c3ccc(-n4c5ccccc5c5cc6c7ccccc7n(-c7cncnc7)c6c(O)c54)cc3)cc(-c3ccc(-n4c5ccccc5c5cc6c7ccccc7n(-c7cncnc7)c6c(O)c54)cc3)c2)cc1. The van der Waals surface area contributed by atoms with Crippen LogP contribution in [0.3, 0.4) is 0 Å². The normalized spacial score (nSPS) is 12.1. The number of hydrogen-bond donors (Lipinski definition) is 3. The summed E-state index contributed by atoms with van der Waals surface area (Å²) >= 11 is 0. The fraction of sp³-hybridized carbons (Fsp3) is 0. The van der Waals surface area contributed by atoms with Crippen molar-refractivity contribution >= 4 is 131 Å². The molecule has 105 heavy (non-hydrogen) atoms. The van der Waals surface area contributed by atoms with Gasteiger partial charge in [-0.15, -0.1) is 0 Å². The average molecular weight is 1350 g/mol. The minimum absolute atomic E-state index is 0.154. The van der Waals surface area contributed by atoms with Crippen LogP contribution >= 0.6 is 0 Å². The Hall–Kier alpha value is -14.7. The molecule has 0 saturated heterocycles. The summed E-state index contributed by atoms with van der Waals surface area (Å²) in [4.78, 5) is 26.4. The Balaban J connectivity index is 0.711. The molecular formula is C90H54N12O3. The van der Waals surface area contributed by atoms with E-state index in [0.717, 1.165) is 165 Å². The zero-order valence-electron chi connectivity index (χ0n) is 55.7. The van der Waals surface area contributed by atoms with Crippen molar-refractivity contribution in [1.29, 1.82) is 0 Å². The van der Waals surface area contributed by atoms with Gasteiger partial charge in [0.15, 0.2) is 17.2 Å². The Labute approximate surface area is 595 Å². The quantitative estimate of drug-likeness (QED) is 0.127. The fourth-order valence-electron chi connectivity index (χ4n) is 17.0. The topological polar surface area (TPSA) is 168 Å². The van der Waals surface area contributed by atoms with E-state index in [9.17, 15) is 15.3 Å². The number of phenols is 3. The Bertz CT molecular complexity index is 6690. The highest BCUT2D eigenvalue weighted by molar-refractivity contribution is 6.25. The number of aromatic nitrogens is 12. The number of rotatable bonds is 9. The maximum absolute atomic E-state index is 13.0. The summed E-state index contributed by atoms with van der Waals surface area (Å²) in [5, 5.41) is 50.6. The maximum Gasteiger partial charge on any atom is 0.165 e. The lowest BCUT2D eigenvalue weighted by molar-refractivity contribution is 0.483. The molecule has 3 N–H and O–H groups in total. The third-order valence-corrected chi connectivity index (χ3v) is 21.4. The predicted octanol–water partition coefficient (Wildman–Crippen LogP) is 20.8. The summed E-state index contributed by atoms with van der Waals surface area (Å²) < 4.78 is 12.7. The molecule has 0 amide bonds. The molecule has 9 aromatic heterocycles. The highest BCUT2D eigenvalue weighted by Gasteiger charge is 2.28. The Morgan fingerprint density at radius 2 is 0.371 bits per heavy atom. The summed E-state index contributed by atoms with van der Waals surface area (Å²) in [6.07, 6.45) is 15.2. The molecule has 492 valence electrons. The number of fused-ring (bicyclic) bond motifs is 18. The first-order chi connectivity index (χ1) is 51.9. The number of para-hydroxylation sites is 6. The molecule has 0 aliphatic rings. The van der Waals surface area contributed by atoms with Crippen molar-refractivity contribution in [3.63, 3.8) is 0 Å². The van der Waals surface area contributed by atoms with Gasteiger partial charge in [-0.1, -0.05) is 146 Å². The molecule has 0 saturated carbocycles. The van der Waals surface area contributed by atoms with Crippen LogP contribution in [0.2, 0.25) is 0 Å². The molecule has 13 aromatic carbocycles. The van der Waals surface area contributed by atoms with Crippen LogP contribution in [0.4, 0.5) is 0 Å². The average Bonchev–Trinajstić information content (AvgIpc) is 1.56. The van der Waals surface area contributed by atoms with Gasteiger partial charge >= 0.3 is 0 Å². The first-order valence-electron chi connectivity index (χ1n) is 34.7. The predicted molar refractivity (Wildman–Crippen MR) is 421 cm³/mol. The standard InChI is InChI=1S/C90H54N12O3/c103-88-82-70(40-73-67-16-4-10-22-79(67)100(85(73)88)61-43-91-49-92-44-61)64-13-1-7-19-76(64)97(82)58-31-25-52(26-32-58)55-37-56(53-27-33-59(34-28-53)98-77-20-8-2-14-65(77)71-41-74-68-17-5-11-23-80(68)101(62-45-93-50-94-46-62)86(74)89(104)83(71)98)39-57(38-55)54-29-35-60(36-30-54)99-78-21-9-3-15-66(78)72-42-75-69-18-6-12-24-81(69)102(63-47-95-51-96-48-63)87(75)90(105)84(72)99/h1-51,103-105H. The molecule has 0 unspecified atom stereocenters. The van der Waals surface area contributed by atoms with Crippen molar-refractivity contribution in [3.8, 4) is 84.8 Å². The Morgan fingerprint density at radius 3 is 0.581 bits per heavy atom. The minimum atomic E-state index is 0.154. The molecule has 0 spiro atoms. The Morgan fingerprint density at radius 1 is 0.181 bits per heavy atom. The van der Waals surface area contributed by atoms with Gasteiger partial charge in [-0.3, -0.25) is 0 Å². The van der Waals surface area contributed by atoms with E-state index in [2.05, 4.69) is 257 Å². The Kier molecular flexibility index (Phi) is 12.3. The van der Waals surface area contributed by atoms with Crippen LogP contribution in [-0.4, -0.2) is 72.6 Å². The van der Waals surface area contributed by atoms with E-state index < -0.39 is 0 Å². The molecular weight excluding hydrogens is 1300 g/mol. The van der Waals surface area contributed by atoms with Crippen LogP contribution in [-0.2, 0) is 0 Å². The van der Waals surface area contributed by atoms with Gasteiger partial charge in [0, 0.05) is 81.7 Å². The van der Waals surface area contributed by atoms with Gasteiger partial charge in [-0.2, -0.15) is 0 Å². The number of nitrogens with zero attached hydrogens (tertiary/aromatic N) is 12. The van der Waals surface area contributed by atoms with Gasteiger partial charge in [-0.05, 0) is 143 Å². The van der Waals surface area contributed by atoms with E-state index in [0.29, 0.717) is 33.1 Å². The van der Waals surface area contributed by atoms with Crippen LogP contribution < -0.4 is 0 Å². The molecule has 22 aromatic rings. The summed E-state index contributed by atoms with van der Waals surface area (Å²) in [5.41, 5.74) is 20.6. The second-order valence-electron chi connectivity index (χ2n) is 26.9. The van der Waals surface area contributed by atoms with Crippen LogP contribution in [0.25, 0.3) is 198 Å². The molecule has 0 aliphatic heterocycles. The lowest BCUT2D eigenvalue weighted by Gasteiger charge is -2.15. The van der Waals surface area contributed by atoms with E-state index in [1.165, 1.54) is 19.0 Å². The van der Waals surface area contributed by atoms with Gasteiger partial charge in [0.2, 0.25) is 0 Å². The second kappa shape index (κ2) is 22.1. The van der Waals surface area contributed by atoms with E-state index in [-0.39, 0.29) is 17.2 Å². The summed E-state index contributed by atoms with van der Waals surface area (Å²) in [6.45, 7) is 0. The number of phenolic OH excluding ortho intramolecular Hbond substituents is 3. The molecule has 15 nitrogen and oxygen atoms in total. The first kappa shape index (κ1) is 58.1. The number of hydrogen-bond acceptors (Lipinski definition) is 9. The van der Waals surface area contributed by atoms with Crippen molar-refractivity contribution < 1.29 is 15.3 Å². The lowest BCUT2D eigenvalue weighted by atomic mass is 9.93. The number of benzene rings is 13. The van der Waals surface area contributed by atoms with Crippen molar-refractivity contribution in [3.05, 3.63) is 311 Å². The maximum atomic E-state index is 13.0. The van der Waals surface area contributed by atoms with Crippen molar-refractivity contribution in [2.24, 2.45) is 0 Å². The van der Waals surface area contributed by atoms with E-state index in [1.807, 2.05) is 54.6 Å². The zero-order valence-corrected chi connectivity index (χ0v) is 55.7. The third kappa shape index (κ3) is 8.36. The third-order valence-electron chi connectivity index (χ3n) is 21.4. The first-order valence-corrected chi connectivity index (χ1v) is 34.7. The van der Waals surface area contributed by atoms with Gasteiger partial charge in [-0.25, -0.2) is 29.9 Å². The van der Waals surface area contributed by atoms with Crippen molar-refractivity contribution in [2.45, 2.75) is 0 Å². The monoisotopic (exact) mass is 1350 g/mol. The van der Waals surface area contributed by atoms with Gasteiger partial charge in [0.25, 0.3) is 0 Å². The molecule has 0 radical (unpaired) electrons. The van der Waals surface area contributed by atoms with Crippen LogP contribution in [0, 0.1) is 0 Å². The number of aromatic hydroxyl groups is 3. The highest BCUT2D eigenvalue weighted by atomic mass is 16.3. The van der Waals surface area contributed by atoms with Crippen molar-refractivity contribution in [1.82, 2.24) is 57.3 Å². The summed E-state index contributed by atoms with van der Waals surface area (Å²) in [6, 6.07) is 89.0.